The number of amides is 1. The van der Waals surface area contributed by atoms with Crippen LogP contribution < -0.4 is 14.8 Å². The van der Waals surface area contributed by atoms with Crippen LogP contribution >= 0.6 is 0 Å². The lowest BCUT2D eigenvalue weighted by molar-refractivity contribution is -0.121. The number of benzene rings is 2. The second-order valence-electron chi connectivity index (χ2n) is 6.98. The van der Waals surface area contributed by atoms with E-state index in [2.05, 4.69) is 22.3 Å². The zero-order valence-corrected chi connectivity index (χ0v) is 16.6. The van der Waals surface area contributed by atoms with Crippen LogP contribution in [0.2, 0.25) is 0 Å². The molecule has 2 aromatic rings. The summed E-state index contributed by atoms with van der Waals surface area (Å²) < 4.78 is 11.2. The molecule has 1 aliphatic heterocycles. The van der Waals surface area contributed by atoms with Crippen LogP contribution in [0.1, 0.15) is 37.8 Å². The number of rotatable bonds is 10. The average Bonchev–Trinajstić information content (AvgIpc) is 3.25. The van der Waals surface area contributed by atoms with Gasteiger partial charge in [-0.2, -0.15) is 0 Å². The first-order valence-corrected chi connectivity index (χ1v) is 10.2. The molecular formula is C23H30N2O3. The zero-order chi connectivity index (χ0) is 19.6. The van der Waals surface area contributed by atoms with E-state index in [-0.39, 0.29) is 11.9 Å². The number of para-hydroxylation sites is 1. The van der Waals surface area contributed by atoms with Crippen molar-refractivity contribution in [1.29, 1.82) is 0 Å². The maximum absolute atomic E-state index is 12.3. The molecule has 28 heavy (non-hydrogen) atoms. The van der Waals surface area contributed by atoms with Gasteiger partial charge in [0.2, 0.25) is 5.91 Å². The first kappa shape index (κ1) is 20.2. The molecule has 0 aromatic heterocycles. The number of hydrogen-bond acceptors (Lipinski definition) is 4. The van der Waals surface area contributed by atoms with Gasteiger partial charge in [0.25, 0.3) is 0 Å². The fraction of sp³-hybridized carbons (Fsp3) is 0.435. The molecule has 0 radical (unpaired) electrons. The summed E-state index contributed by atoms with van der Waals surface area (Å²) in [5, 5.41) is 3.09. The molecule has 3 rings (SSSR count). The summed E-state index contributed by atoms with van der Waals surface area (Å²) >= 11 is 0. The molecular weight excluding hydrogens is 352 g/mol. The molecule has 150 valence electrons. The summed E-state index contributed by atoms with van der Waals surface area (Å²) in [4.78, 5) is 14.7. The van der Waals surface area contributed by atoms with Crippen molar-refractivity contribution in [3.63, 3.8) is 0 Å². The molecule has 0 aliphatic carbocycles. The van der Waals surface area contributed by atoms with E-state index in [0.717, 1.165) is 24.6 Å². The Morgan fingerprint density at radius 3 is 2.36 bits per heavy atom. The first-order chi connectivity index (χ1) is 13.8. The van der Waals surface area contributed by atoms with E-state index in [4.69, 9.17) is 9.47 Å². The highest BCUT2D eigenvalue weighted by Crippen LogP contribution is 2.26. The molecule has 1 atom stereocenters. The van der Waals surface area contributed by atoms with Crippen LogP contribution in [0.5, 0.6) is 11.5 Å². The van der Waals surface area contributed by atoms with Crippen molar-refractivity contribution in [3.05, 3.63) is 60.2 Å². The van der Waals surface area contributed by atoms with E-state index >= 15 is 0 Å². The van der Waals surface area contributed by atoms with Crippen molar-refractivity contribution in [2.75, 3.05) is 32.8 Å². The van der Waals surface area contributed by atoms with Gasteiger partial charge in [-0.05, 0) is 62.7 Å². The van der Waals surface area contributed by atoms with Crippen molar-refractivity contribution >= 4 is 5.91 Å². The van der Waals surface area contributed by atoms with E-state index in [9.17, 15) is 4.79 Å². The van der Waals surface area contributed by atoms with Gasteiger partial charge in [-0.3, -0.25) is 9.69 Å². The largest absolute Gasteiger partial charge is 0.494 e. The van der Waals surface area contributed by atoms with Crippen LogP contribution in [0.25, 0.3) is 0 Å². The van der Waals surface area contributed by atoms with Crippen molar-refractivity contribution in [2.45, 2.75) is 32.2 Å². The van der Waals surface area contributed by atoms with Crippen LogP contribution in [0.3, 0.4) is 0 Å². The molecule has 1 N–H and O–H groups in total. The minimum Gasteiger partial charge on any atom is -0.494 e. The summed E-state index contributed by atoms with van der Waals surface area (Å²) in [6, 6.07) is 18.0. The molecule has 1 fully saturated rings. The lowest BCUT2D eigenvalue weighted by atomic mass is 10.1. The van der Waals surface area contributed by atoms with Gasteiger partial charge in [0.05, 0.1) is 25.7 Å². The highest BCUT2D eigenvalue weighted by atomic mass is 16.5. The second kappa shape index (κ2) is 10.7. The summed E-state index contributed by atoms with van der Waals surface area (Å²) in [5.41, 5.74) is 1.21. The molecule has 0 saturated carbocycles. The summed E-state index contributed by atoms with van der Waals surface area (Å²) in [6.07, 6.45) is 2.78. The topological polar surface area (TPSA) is 50.8 Å². The molecule has 1 heterocycles. The van der Waals surface area contributed by atoms with Gasteiger partial charge in [-0.15, -0.1) is 0 Å². The van der Waals surface area contributed by atoms with E-state index in [1.54, 1.807) is 0 Å². The van der Waals surface area contributed by atoms with Crippen molar-refractivity contribution in [3.8, 4) is 11.5 Å². The number of hydrogen-bond donors (Lipinski definition) is 1. The summed E-state index contributed by atoms with van der Waals surface area (Å²) in [6.45, 7) is 5.79. The number of ether oxygens (including phenoxy) is 2. The van der Waals surface area contributed by atoms with Gasteiger partial charge in [0.15, 0.2) is 0 Å². The number of carbonyl (C=O) groups excluding carboxylic acids is 1. The summed E-state index contributed by atoms with van der Waals surface area (Å²) in [7, 11) is 0. The third kappa shape index (κ3) is 5.99. The minimum absolute atomic E-state index is 0.0195. The highest BCUT2D eigenvalue weighted by Gasteiger charge is 2.24. The molecule has 5 heteroatoms. The Balaban J connectivity index is 1.52. The Kier molecular flexibility index (Phi) is 7.73. The Bertz CT molecular complexity index is 712. The molecule has 1 saturated heterocycles. The predicted molar refractivity (Wildman–Crippen MR) is 111 cm³/mol. The van der Waals surface area contributed by atoms with E-state index < -0.39 is 0 Å². The molecule has 0 spiro atoms. The lowest BCUT2D eigenvalue weighted by Gasteiger charge is -2.28. The highest BCUT2D eigenvalue weighted by molar-refractivity contribution is 5.76. The maximum Gasteiger partial charge on any atom is 0.223 e. The second-order valence-corrected chi connectivity index (χ2v) is 6.98. The van der Waals surface area contributed by atoms with Crippen LogP contribution in [-0.2, 0) is 4.79 Å². The van der Waals surface area contributed by atoms with Crippen molar-refractivity contribution < 1.29 is 14.3 Å². The molecule has 2 aromatic carbocycles. The Labute approximate surface area is 167 Å². The quantitative estimate of drug-likeness (QED) is 0.679. The maximum atomic E-state index is 12.3. The van der Waals surface area contributed by atoms with Gasteiger partial charge in [0, 0.05) is 6.54 Å². The van der Waals surface area contributed by atoms with Crippen LogP contribution in [0.15, 0.2) is 54.6 Å². The molecule has 5 nitrogen and oxygen atoms in total. The van der Waals surface area contributed by atoms with E-state index in [1.807, 2.05) is 49.4 Å². The molecule has 1 aliphatic rings. The van der Waals surface area contributed by atoms with Gasteiger partial charge >= 0.3 is 0 Å². The SMILES string of the molecule is CCOc1ccc(C(CNC(=O)CCOc2ccccc2)N2CCCC2)cc1. The number of nitrogens with zero attached hydrogens (tertiary/aromatic N) is 1. The first-order valence-electron chi connectivity index (χ1n) is 10.2. The van der Waals surface area contributed by atoms with Crippen LogP contribution in [-0.4, -0.2) is 43.7 Å². The van der Waals surface area contributed by atoms with Gasteiger partial charge in [-0.25, -0.2) is 0 Å². The Hall–Kier alpha value is -2.53. The van der Waals surface area contributed by atoms with Gasteiger partial charge < -0.3 is 14.8 Å². The standard InChI is InChI=1S/C23H30N2O3/c1-2-27-21-12-10-19(11-13-21)22(25-15-6-7-16-25)18-24-23(26)14-17-28-20-8-4-3-5-9-20/h3-5,8-13,22H,2,6-7,14-18H2,1H3,(H,24,26). The monoisotopic (exact) mass is 382 g/mol. The third-order valence-electron chi connectivity index (χ3n) is 4.99. The average molecular weight is 383 g/mol. The molecule has 1 unspecified atom stereocenters. The fourth-order valence-electron chi connectivity index (χ4n) is 3.54. The van der Waals surface area contributed by atoms with E-state index in [0.29, 0.717) is 26.2 Å². The Morgan fingerprint density at radius 1 is 1.00 bits per heavy atom. The Morgan fingerprint density at radius 2 is 1.68 bits per heavy atom. The number of nitrogens with one attached hydrogen (secondary N) is 1. The van der Waals surface area contributed by atoms with Crippen molar-refractivity contribution in [2.24, 2.45) is 0 Å². The third-order valence-corrected chi connectivity index (χ3v) is 4.99. The number of likely N-dealkylation sites (tertiary alicyclic amines) is 1. The molecule has 1 amide bonds. The normalized spacial score (nSPS) is 15.2. The van der Waals surface area contributed by atoms with Crippen molar-refractivity contribution in [1.82, 2.24) is 10.2 Å². The molecule has 0 bridgehead atoms. The smallest absolute Gasteiger partial charge is 0.223 e. The van der Waals surface area contributed by atoms with Gasteiger partial charge in [0.1, 0.15) is 11.5 Å². The minimum atomic E-state index is 0.0195. The lowest BCUT2D eigenvalue weighted by Crippen LogP contribution is -2.37. The zero-order valence-electron chi connectivity index (χ0n) is 16.6. The summed E-state index contributed by atoms with van der Waals surface area (Å²) in [5.74, 6) is 1.69. The van der Waals surface area contributed by atoms with Crippen LogP contribution in [0.4, 0.5) is 0 Å². The fourth-order valence-corrected chi connectivity index (χ4v) is 3.54. The number of carbonyl (C=O) groups is 1. The van der Waals surface area contributed by atoms with Crippen LogP contribution in [0, 0.1) is 0 Å². The van der Waals surface area contributed by atoms with E-state index in [1.165, 1.54) is 18.4 Å². The predicted octanol–water partition coefficient (Wildman–Crippen LogP) is 3.81. The van der Waals surface area contributed by atoms with Gasteiger partial charge in [-0.1, -0.05) is 30.3 Å².